The quantitative estimate of drug-likeness (QED) is 0.718. The summed E-state index contributed by atoms with van der Waals surface area (Å²) in [6.07, 6.45) is 5.12. The van der Waals surface area contributed by atoms with Crippen LogP contribution in [0.25, 0.3) is 0 Å². The number of rotatable bonds is 4. The van der Waals surface area contributed by atoms with Gasteiger partial charge in [0.25, 0.3) is 0 Å². The van der Waals surface area contributed by atoms with Crippen LogP contribution in [0.2, 0.25) is 0 Å². The van der Waals surface area contributed by atoms with Gasteiger partial charge in [-0.3, -0.25) is 4.79 Å². The van der Waals surface area contributed by atoms with Crippen molar-refractivity contribution in [1.82, 2.24) is 4.90 Å². The number of amides is 1. The van der Waals surface area contributed by atoms with E-state index in [0.29, 0.717) is 18.0 Å². The van der Waals surface area contributed by atoms with Gasteiger partial charge in [-0.15, -0.1) is 0 Å². The minimum absolute atomic E-state index is 0.256. The van der Waals surface area contributed by atoms with Crippen LogP contribution >= 0.6 is 12.2 Å². The lowest BCUT2D eigenvalue weighted by Gasteiger charge is -2.20. The Hall–Kier alpha value is -0.640. The standard InChI is InChI=1S/C10H18N2OS/c1-12(7-6-9(11)14)10(13)8-4-2-3-5-8/h8H,2-7H2,1H3,(H2,11,14). The fourth-order valence-corrected chi connectivity index (χ4v) is 1.96. The summed E-state index contributed by atoms with van der Waals surface area (Å²) in [7, 11) is 1.83. The summed E-state index contributed by atoms with van der Waals surface area (Å²) < 4.78 is 0. The maximum Gasteiger partial charge on any atom is 0.225 e. The molecule has 1 rings (SSSR count). The SMILES string of the molecule is CN(CCC(N)=S)C(=O)C1CCCC1. The van der Waals surface area contributed by atoms with Gasteiger partial charge in [-0.1, -0.05) is 25.1 Å². The number of carbonyl (C=O) groups excluding carboxylic acids is 1. The molecule has 0 heterocycles. The summed E-state index contributed by atoms with van der Waals surface area (Å²) in [5.74, 6) is 0.519. The molecule has 0 aliphatic heterocycles. The lowest BCUT2D eigenvalue weighted by Crippen LogP contribution is -2.34. The van der Waals surface area contributed by atoms with Gasteiger partial charge in [0.05, 0.1) is 4.99 Å². The molecule has 0 saturated heterocycles. The van der Waals surface area contributed by atoms with Crippen LogP contribution < -0.4 is 5.73 Å². The van der Waals surface area contributed by atoms with Gasteiger partial charge in [0.2, 0.25) is 5.91 Å². The second kappa shape index (κ2) is 5.29. The van der Waals surface area contributed by atoms with Crippen molar-refractivity contribution in [2.45, 2.75) is 32.1 Å². The Labute approximate surface area is 90.6 Å². The molecule has 0 atom stereocenters. The molecule has 1 amide bonds. The van der Waals surface area contributed by atoms with Crippen LogP contribution in [0.15, 0.2) is 0 Å². The second-order valence-electron chi connectivity index (χ2n) is 3.96. The molecular weight excluding hydrogens is 196 g/mol. The zero-order valence-electron chi connectivity index (χ0n) is 8.66. The van der Waals surface area contributed by atoms with Crippen molar-refractivity contribution >= 4 is 23.1 Å². The van der Waals surface area contributed by atoms with Crippen LogP contribution in [0.5, 0.6) is 0 Å². The summed E-state index contributed by atoms with van der Waals surface area (Å²) in [6.45, 7) is 0.657. The highest BCUT2D eigenvalue weighted by molar-refractivity contribution is 7.80. The largest absolute Gasteiger partial charge is 0.393 e. The zero-order valence-corrected chi connectivity index (χ0v) is 9.48. The van der Waals surface area contributed by atoms with E-state index in [4.69, 9.17) is 18.0 Å². The van der Waals surface area contributed by atoms with Gasteiger partial charge in [0.1, 0.15) is 0 Å². The smallest absolute Gasteiger partial charge is 0.225 e. The van der Waals surface area contributed by atoms with Crippen molar-refractivity contribution in [3.05, 3.63) is 0 Å². The van der Waals surface area contributed by atoms with Crippen LogP contribution in [0.4, 0.5) is 0 Å². The van der Waals surface area contributed by atoms with Crippen molar-refractivity contribution in [3.63, 3.8) is 0 Å². The van der Waals surface area contributed by atoms with Gasteiger partial charge in [-0.2, -0.15) is 0 Å². The summed E-state index contributed by atoms with van der Waals surface area (Å²) >= 11 is 4.78. The number of thiocarbonyl (C=S) groups is 1. The molecule has 14 heavy (non-hydrogen) atoms. The predicted octanol–water partition coefficient (Wildman–Crippen LogP) is 1.31. The highest BCUT2D eigenvalue weighted by atomic mass is 32.1. The summed E-state index contributed by atoms with van der Waals surface area (Å²) in [4.78, 5) is 14.0. The molecule has 1 aliphatic carbocycles. The molecule has 1 aliphatic rings. The molecule has 3 nitrogen and oxygen atoms in total. The van der Waals surface area contributed by atoms with Gasteiger partial charge < -0.3 is 10.6 Å². The minimum Gasteiger partial charge on any atom is -0.393 e. The van der Waals surface area contributed by atoms with E-state index in [1.807, 2.05) is 7.05 Å². The first-order valence-corrected chi connectivity index (χ1v) is 5.55. The number of hydrogen-bond acceptors (Lipinski definition) is 2. The average molecular weight is 214 g/mol. The number of nitrogens with zero attached hydrogens (tertiary/aromatic N) is 1. The predicted molar refractivity (Wildman–Crippen MR) is 61.0 cm³/mol. The Morgan fingerprint density at radius 2 is 2.07 bits per heavy atom. The van der Waals surface area contributed by atoms with Crippen molar-refractivity contribution in [2.24, 2.45) is 11.7 Å². The Balaban J connectivity index is 2.31. The third kappa shape index (κ3) is 3.25. The van der Waals surface area contributed by atoms with Gasteiger partial charge in [0, 0.05) is 25.9 Å². The fraction of sp³-hybridized carbons (Fsp3) is 0.800. The Kier molecular flexibility index (Phi) is 4.32. The number of nitrogens with two attached hydrogens (primary N) is 1. The fourth-order valence-electron chi connectivity index (χ4n) is 1.87. The van der Waals surface area contributed by atoms with E-state index in [0.717, 1.165) is 12.8 Å². The summed E-state index contributed by atoms with van der Waals surface area (Å²) in [5.41, 5.74) is 5.39. The molecule has 0 radical (unpaired) electrons. The topological polar surface area (TPSA) is 46.3 Å². The second-order valence-corrected chi connectivity index (χ2v) is 4.48. The first-order chi connectivity index (χ1) is 6.61. The lowest BCUT2D eigenvalue weighted by atomic mass is 10.1. The molecule has 80 valence electrons. The van der Waals surface area contributed by atoms with Crippen molar-refractivity contribution in [1.29, 1.82) is 0 Å². The zero-order chi connectivity index (χ0) is 10.6. The van der Waals surface area contributed by atoms with E-state index in [-0.39, 0.29) is 11.8 Å². The number of carbonyl (C=O) groups is 1. The first kappa shape index (κ1) is 11.4. The van der Waals surface area contributed by atoms with Crippen LogP contribution in [-0.4, -0.2) is 29.4 Å². The van der Waals surface area contributed by atoms with Gasteiger partial charge in [-0.05, 0) is 12.8 Å². The molecule has 2 N–H and O–H groups in total. The Morgan fingerprint density at radius 3 is 2.57 bits per heavy atom. The molecule has 0 spiro atoms. The highest BCUT2D eigenvalue weighted by Crippen LogP contribution is 2.26. The van der Waals surface area contributed by atoms with E-state index in [2.05, 4.69) is 0 Å². The molecule has 1 saturated carbocycles. The maximum absolute atomic E-state index is 11.8. The third-order valence-electron chi connectivity index (χ3n) is 2.77. The van der Waals surface area contributed by atoms with E-state index >= 15 is 0 Å². The van der Waals surface area contributed by atoms with Crippen molar-refractivity contribution < 1.29 is 4.79 Å². The van der Waals surface area contributed by atoms with E-state index in [9.17, 15) is 4.79 Å². The number of hydrogen-bond donors (Lipinski definition) is 1. The Bertz CT molecular complexity index is 224. The highest BCUT2D eigenvalue weighted by Gasteiger charge is 2.24. The average Bonchev–Trinajstić information content (AvgIpc) is 2.65. The van der Waals surface area contributed by atoms with Crippen LogP contribution in [0.1, 0.15) is 32.1 Å². The Morgan fingerprint density at radius 1 is 1.50 bits per heavy atom. The first-order valence-electron chi connectivity index (χ1n) is 5.14. The summed E-state index contributed by atoms with van der Waals surface area (Å²) in [6, 6.07) is 0. The van der Waals surface area contributed by atoms with E-state index in [1.54, 1.807) is 4.90 Å². The van der Waals surface area contributed by atoms with Crippen LogP contribution in [-0.2, 0) is 4.79 Å². The third-order valence-corrected chi connectivity index (χ3v) is 2.98. The lowest BCUT2D eigenvalue weighted by molar-refractivity contribution is -0.133. The van der Waals surface area contributed by atoms with Crippen molar-refractivity contribution in [3.8, 4) is 0 Å². The molecule has 0 aromatic carbocycles. The van der Waals surface area contributed by atoms with Gasteiger partial charge >= 0.3 is 0 Å². The van der Waals surface area contributed by atoms with Gasteiger partial charge in [-0.25, -0.2) is 0 Å². The molecular formula is C10H18N2OS. The normalized spacial score (nSPS) is 16.9. The molecule has 4 heteroatoms. The van der Waals surface area contributed by atoms with Crippen LogP contribution in [0.3, 0.4) is 0 Å². The van der Waals surface area contributed by atoms with Gasteiger partial charge in [0.15, 0.2) is 0 Å². The molecule has 0 unspecified atom stereocenters. The molecule has 1 fully saturated rings. The molecule has 0 aromatic rings. The maximum atomic E-state index is 11.8. The monoisotopic (exact) mass is 214 g/mol. The minimum atomic E-state index is 0.256. The van der Waals surface area contributed by atoms with E-state index < -0.39 is 0 Å². The van der Waals surface area contributed by atoms with Crippen LogP contribution in [0, 0.1) is 5.92 Å². The van der Waals surface area contributed by atoms with Crippen molar-refractivity contribution in [2.75, 3.05) is 13.6 Å². The summed E-state index contributed by atoms with van der Waals surface area (Å²) in [5, 5.41) is 0. The van der Waals surface area contributed by atoms with E-state index in [1.165, 1.54) is 12.8 Å². The molecule has 0 bridgehead atoms. The molecule has 0 aromatic heterocycles.